The Morgan fingerprint density at radius 2 is 1.15 bits per heavy atom. The normalized spacial score (nSPS) is 11.1. The van der Waals surface area contributed by atoms with E-state index in [1.165, 1.54) is 18.2 Å². The molecule has 0 aliphatic rings. The van der Waals surface area contributed by atoms with E-state index in [0.29, 0.717) is 11.4 Å². The lowest BCUT2D eigenvalue weighted by Crippen LogP contribution is -2.10. The molecule has 4 aromatic rings. The van der Waals surface area contributed by atoms with Gasteiger partial charge in [-0.1, -0.05) is 72.8 Å². The molecule has 5 nitrogen and oxygen atoms in total. The summed E-state index contributed by atoms with van der Waals surface area (Å²) in [6, 6.07) is 25.6. The second-order valence-corrected chi connectivity index (χ2v) is 7.34. The van der Waals surface area contributed by atoms with Crippen molar-refractivity contribution in [3.8, 4) is 17.4 Å². The van der Waals surface area contributed by atoms with Gasteiger partial charge in [-0.2, -0.15) is 13.2 Å². The predicted molar refractivity (Wildman–Crippen MR) is 119 cm³/mol. The molecule has 34 heavy (non-hydrogen) atoms. The van der Waals surface area contributed by atoms with Crippen molar-refractivity contribution in [3.05, 3.63) is 113 Å². The summed E-state index contributed by atoms with van der Waals surface area (Å²) < 4.78 is 56.8. The zero-order valence-corrected chi connectivity index (χ0v) is 18.0. The van der Waals surface area contributed by atoms with Crippen molar-refractivity contribution in [2.75, 3.05) is 0 Å². The molecule has 0 atom stereocenters. The zero-order valence-electron chi connectivity index (χ0n) is 18.0. The lowest BCUT2D eigenvalue weighted by atomic mass is 10.2. The van der Waals surface area contributed by atoms with Crippen LogP contribution in [-0.2, 0) is 26.0 Å². The van der Waals surface area contributed by atoms with Crippen LogP contribution in [-0.4, -0.2) is 10.2 Å². The molecule has 174 valence electrons. The van der Waals surface area contributed by atoms with Gasteiger partial charge in [-0.3, -0.25) is 0 Å². The molecular formula is C26H21F3N2O3. The van der Waals surface area contributed by atoms with Crippen LogP contribution in [0.25, 0.3) is 0 Å². The van der Waals surface area contributed by atoms with Crippen LogP contribution in [0.2, 0.25) is 0 Å². The summed E-state index contributed by atoms with van der Waals surface area (Å²) in [5, 5.41) is 8.14. The number of benzene rings is 3. The van der Waals surface area contributed by atoms with Gasteiger partial charge in [0.1, 0.15) is 31.3 Å². The van der Waals surface area contributed by atoms with Gasteiger partial charge >= 0.3 is 6.18 Å². The van der Waals surface area contributed by atoms with E-state index in [-0.39, 0.29) is 31.5 Å². The van der Waals surface area contributed by atoms with Gasteiger partial charge in [0.05, 0.1) is 5.56 Å². The maximum atomic E-state index is 13.2. The molecule has 0 N–H and O–H groups in total. The van der Waals surface area contributed by atoms with Crippen molar-refractivity contribution in [2.45, 2.75) is 26.0 Å². The number of ether oxygens (including phenoxy) is 3. The van der Waals surface area contributed by atoms with E-state index in [1.807, 2.05) is 60.7 Å². The fourth-order valence-corrected chi connectivity index (χ4v) is 3.11. The Morgan fingerprint density at radius 1 is 0.588 bits per heavy atom. The molecule has 0 aliphatic carbocycles. The Morgan fingerprint density at radius 3 is 1.79 bits per heavy atom. The molecule has 1 aromatic heterocycles. The monoisotopic (exact) mass is 466 g/mol. The number of rotatable bonds is 9. The van der Waals surface area contributed by atoms with Gasteiger partial charge in [-0.15, -0.1) is 10.2 Å². The topological polar surface area (TPSA) is 53.5 Å². The van der Waals surface area contributed by atoms with Crippen molar-refractivity contribution in [3.63, 3.8) is 0 Å². The first-order chi connectivity index (χ1) is 16.5. The quantitative estimate of drug-likeness (QED) is 0.293. The third-order valence-corrected chi connectivity index (χ3v) is 4.80. The number of aromatic nitrogens is 2. The lowest BCUT2D eigenvalue weighted by Gasteiger charge is -2.15. The van der Waals surface area contributed by atoms with E-state index >= 15 is 0 Å². The van der Waals surface area contributed by atoms with Crippen LogP contribution >= 0.6 is 0 Å². The fraction of sp³-hybridized carbons (Fsp3) is 0.154. The molecule has 0 unspecified atom stereocenters. The van der Waals surface area contributed by atoms with Crippen LogP contribution in [0, 0.1) is 0 Å². The Balaban J connectivity index is 1.51. The van der Waals surface area contributed by atoms with Gasteiger partial charge in [0.2, 0.25) is 0 Å². The van der Waals surface area contributed by atoms with Crippen LogP contribution in [0.15, 0.2) is 91.0 Å². The molecule has 3 aromatic carbocycles. The number of para-hydroxylation sites is 1. The third-order valence-electron chi connectivity index (χ3n) is 4.80. The molecule has 0 spiro atoms. The van der Waals surface area contributed by atoms with Crippen LogP contribution < -0.4 is 14.2 Å². The number of hydrogen-bond donors (Lipinski definition) is 0. The Kier molecular flexibility index (Phi) is 7.27. The van der Waals surface area contributed by atoms with Crippen LogP contribution in [0.5, 0.6) is 17.4 Å². The molecular weight excluding hydrogens is 445 g/mol. The summed E-state index contributed by atoms with van der Waals surface area (Å²) in [6.07, 6.45) is -4.53. The number of halogens is 3. The Labute approximate surface area is 194 Å². The molecule has 0 fully saturated rings. The van der Waals surface area contributed by atoms with Crippen molar-refractivity contribution in [2.24, 2.45) is 0 Å². The van der Waals surface area contributed by atoms with Crippen molar-refractivity contribution >= 4 is 0 Å². The highest BCUT2D eigenvalue weighted by molar-refractivity contribution is 5.37. The van der Waals surface area contributed by atoms with Gasteiger partial charge in [0.15, 0.2) is 5.75 Å². The highest BCUT2D eigenvalue weighted by atomic mass is 19.4. The smallest absolute Gasteiger partial charge is 0.419 e. The maximum Gasteiger partial charge on any atom is 0.419 e. The van der Waals surface area contributed by atoms with Crippen molar-refractivity contribution < 1.29 is 27.4 Å². The average molecular weight is 466 g/mol. The largest absolute Gasteiger partial charge is 0.487 e. The zero-order chi connectivity index (χ0) is 23.8. The van der Waals surface area contributed by atoms with Gasteiger partial charge in [0.25, 0.3) is 5.88 Å². The SMILES string of the molecule is FC(F)(F)c1ccccc1OCc1cc(OCc2ccccc2)c(OCc2ccccc2)nn1. The van der Waals surface area contributed by atoms with E-state index in [0.717, 1.165) is 17.2 Å². The summed E-state index contributed by atoms with van der Waals surface area (Å²) in [5.41, 5.74) is 1.32. The standard InChI is InChI=1S/C26H21F3N2O3/c27-26(28,29)22-13-7-8-14-23(22)33-18-21-15-24(32-16-19-9-3-1-4-10-19)25(31-30-21)34-17-20-11-5-2-6-12-20/h1-15H,16-18H2. The molecule has 1 heterocycles. The predicted octanol–water partition coefficient (Wildman–Crippen LogP) is 6.23. The highest BCUT2D eigenvalue weighted by Gasteiger charge is 2.34. The van der Waals surface area contributed by atoms with Crippen molar-refractivity contribution in [1.29, 1.82) is 0 Å². The van der Waals surface area contributed by atoms with E-state index in [4.69, 9.17) is 14.2 Å². The minimum Gasteiger partial charge on any atom is -0.487 e. The highest BCUT2D eigenvalue weighted by Crippen LogP contribution is 2.36. The summed E-state index contributed by atoms with van der Waals surface area (Å²) in [6.45, 7) is 0.290. The van der Waals surface area contributed by atoms with Crippen molar-refractivity contribution in [1.82, 2.24) is 10.2 Å². The molecule has 0 radical (unpaired) electrons. The number of nitrogens with zero attached hydrogens (tertiary/aromatic N) is 2. The number of hydrogen-bond acceptors (Lipinski definition) is 5. The minimum atomic E-state index is -4.53. The van der Waals surface area contributed by atoms with Gasteiger partial charge in [-0.25, -0.2) is 0 Å². The summed E-state index contributed by atoms with van der Waals surface area (Å²) in [7, 11) is 0. The Hall–Kier alpha value is -4.07. The second-order valence-electron chi connectivity index (χ2n) is 7.34. The molecule has 0 aliphatic heterocycles. The lowest BCUT2D eigenvalue weighted by molar-refractivity contribution is -0.139. The van der Waals surface area contributed by atoms with E-state index in [1.54, 1.807) is 6.07 Å². The summed E-state index contributed by atoms with van der Waals surface area (Å²) in [4.78, 5) is 0. The molecule has 0 saturated heterocycles. The maximum absolute atomic E-state index is 13.2. The molecule has 8 heteroatoms. The van der Waals surface area contributed by atoms with Crippen LogP contribution in [0.1, 0.15) is 22.4 Å². The molecule has 0 saturated carbocycles. The number of alkyl halides is 3. The first kappa shape index (κ1) is 23.1. The van der Waals surface area contributed by atoms with E-state index in [2.05, 4.69) is 10.2 Å². The molecule has 0 bridgehead atoms. The third kappa shape index (κ3) is 6.25. The average Bonchev–Trinajstić information content (AvgIpc) is 2.86. The summed E-state index contributed by atoms with van der Waals surface area (Å²) in [5.74, 6) is 0.213. The molecule has 0 amide bonds. The second kappa shape index (κ2) is 10.7. The van der Waals surface area contributed by atoms with Gasteiger partial charge < -0.3 is 14.2 Å². The van der Waals surface area contributed by atoms with E-state index in [9.17, 15) is 13.2 Å². The van der Waals surface area contributed by atoms with Gasteiger partial charge in [-0.05, 0) is 23.3 Å². The van der Waals surface area contributed by atoms with Crippen LogP contribution in [0.3, 0.4) is 0 Å². The summed E-state index contributed by atoms with van der Waals surface area (Å²) >= 11 is 0. The molecule has 4 rings (SSSR count). The Bertz CT molecular complexity index is 1200. The van der Waals surface area contributed by atoms with Crippen LogP contribution in [0.4, 0.5) is 13.2 Å². The minimum absolute atomic E-state index is 0.180. The first-order valence-electron chi connectivity index (χ1n) is 10.5. The van der Waals surface area contributed by atoms with Gasteiger partial charge in [0, 0.05) is 6.07 Å². The van der Waals surface area contributed by atoms with E-state index < -0.39 is 11.7 Å². The fourth-order valence-electron chi connectivity index (χ4n) is 3.11. The first-order valence-corrected chi connectivity index (χ1v) is 10.5.